The summed E-state index contributed by atoms with van der Waals surface area (Å²) >= 11 is 12.2. The second kappa shape index (κ2) is 6.39. The van der Waals surface area contributed by atoms with Crippen molar-refractivity contribution in [2.45, 2.75) is 39.0 Å². The number of rotatable bonds is 5. The summed E-state index contributed by atoms with van der Waals surface area (Å²) in [5.74, 6) is 0.529. The molecule has 1 rings (SSSR count). The van der Waals surface area contributed by atoms with Gasteiger partial charge in [-0.05, 0) is 42.9 Å². The third-order valence-electron chi connectivity index (χ3n) is 2.77. The first-order valence-corrected chi connectivity index (χ1v) is 6.70. The average Bonchev–Trinajstić information content (AvgIpc) is 2.21. The van der Waals surface area contributed by atoms with Crippen molar-refractivity contribution >= 4 is 28.9 Å². The molecule has 100 valence electrons. The Hall–Kier alpha value is -0.800. The molecule has 0 N–H and O–H groups in total. The van der Waals surface area contributed by atoms with Gasteiger partial charge < -0.3 is 0 Å². The van der Waals surface area contributed by atoms with Crippen LogP contribution in [-0.4, -0.2) is 10.3 Å². The van der Waals surface area contributed by atoms with Gasteiger partial charge in [-0.2, -0.15) is 0 Å². The van der Waals surface area contributed by atoms with E-state index in [2.05, 4.69) is 13.8 Å². The molecule has 1 aromatic rings. The molecule has 0 bridgehead atoms. The highest BCUT2D eigenvalue weighted by atomic mass is 35.5. The van der Waals surface area contributed by atoms with Gasteiger partial charge in [0.1, 0.15) is 5.02 Å². The maximum Gasteiger partial charge on any atom is 0.288 e. The van der Waals surface area contributed by atoms with Crippen LogP contribution in [0.1, 0.15) is 31.4 Å². The van der Waals surface area contributed by atoms with Crippen LogP contribution >= 0.6 is 23.2 Å². The van der Waals surface area contributed by atoms with Crippen LogP contribution in [0.5, 0.6) is 0 Å². The van der Waals surface area contributed by atoms with Crippen LogP contribution in [0.15, 0.2) is 12.1 Å². The predicted molar refractivity (Wildman–Crippen MR) is 75.6 cm³/mol. The minimum atomic E-state index is -0.467. The lowest BCUT2D eigenvalue weighted by molar-refractivity contribution is -0.384. The number of alkyl halides is 1. The summed E-state index contributed by atoms with van der Waals surface area (Å²) in [5, 5.41) is 11.0. The molecule has 0 amide bonds. The zero-order valence-electron chi connectivity index (χ0n) is 10.7. The van der Waals surface area contributed by atoms with E-state index in [0.717, 1.165) is 17.5 Å². The molecule has 0 spiro atoms. The van der Waals surface area contributed by atoms with Crippen LogP contribution in [0.2, 0.25) is 5.02 Å². The first kappa shape index (κ1) is 15.3. The lowest BCUT2D eigenvalue weighted by atomic mass is 9.98. The van der Waals surface area contributed by atoms with E-state index in [4.69, 9.17) is 23.2 Å². The molecule has 1 atom stereocenters. The van der Waals surface area contributed by atoms with E-state index in [1.165, 1.54) is 6.07 Å². The van der Waals surface area contributed by atoms with Crippen molar-refractivity contribution < 1.29 is 4.92 Å². The molecule has 0 fully saturated rings. The third kappa shape index (κ3) is 4.14. The Morgan fingerprint density at radius 3 is 2.50 bits per heavy atom. The van der Waals surface area contributed by atoms with Crippen LogP contribution in [0.3, 0.4) is 0 Å². The van der Waals surface area contributed by atoms with Crippen molar-refractivity contribution in [1.29, 1.82) is 0 Å². The molecule has 0 aromatic heterocycles. The van der Waals surface area contributed by atoms with Crippen molar-refractivity contribution in [2.24, 2.45) is 5.92 Å². The Kier molecular flexibility index (Phi) is 5.42. The van der Waals surface area contributed by atoms with E-state index in [1.54, 1.807) is 6.07 Å². The summed E-state index contributed by atoms with van der Waals surface area (Å²) in [4.78, 5) is 10.3. The van der Waals surface area contributed by atoms with E-state index in [0.29, 0.717) is 12.3 Å². The lowest BCUT2D eigenvalue weighted by Crippen LogP contribution is -2.08. The summed E-state index contributed by atoms with van der Waals surface area (Å²) in [6.07, 6.45) is 1.60. The number of hydrogen-bond donors (Lipinski definition) is 0. The van der Waals surface area contributed by atoms with E-state index in [-0.39, 0.29) is 16.1 Å². The molecule has 18 heavy (non-hydrogen) atoms. The Bertz CT molecular complexity index is 447. The summed E-state index contributed by atoms with van der Waals surface area (Å²) < 4.78 is 0. The highest BCUT2D eigenvalue weighted by Crippen LogP contribution is 2.29. The molecular formula is C13H17Cl2NO2. The molecule has 0 radical (unpaired) electrons. The Morgan fingerprint density at radius 1 is 1.39 bits per heavy atom. The Labute approximate surface area is 117 Å². The summed E-state index contributed by atoms with van der Waals surface area (Å²) in [7, 11) is 0. The number of halogens is 2. The molecule has 1 unspecified atom stereocenters. The second-order valence-corrected chi connectivity index (χ2v) is 5.94. The van der Waals surface area contributed by atoms with Gasteiger partial charge in [0.25, 0.3) is 5.69 Å². The molecule has 0 aliphatic rings. The molecule has 0 aliphatic heterocycles. The summed E-state index contributed by atoms with van der Waals surface area (Å²) in [6, 6.07) is 3.17. The predicted octanol–water partition coefficient (Wildman–Crippen LogP) is 4.75. The van der Waals surface area contributed by atoms with Gasteiger partial charge in [-0.3, -0.25) is 10.1 Å². The summed E-state index contributed by atoms with van der Waals surface area (Å²) in [6.45, 7) is 6.08. The molecule has 0 heterocycles. The summed E-state index contributed by atoms with van der Waals surface area (Å²) in [5.41, 5.74) is 1.79. The minimum absolute atomic E-state index is 0.0289. The van der Waals surface area contributed by atoms with Gasteiger partial charge in [0, 0.05) is 11.4 Å². The molecule has 5 heteroatoms. The second-order valence-electron chi connectivity index (χ2n) is 4.92. The highest BCUT2D eigenvalue weighted by molar-refractivity contribution is 6.32. The van der Waals surface area contributed by atoms with Gasteiger partial charge in [0.05, 0.1) is 4.92 Å². The number of aryl methyl sites for hydroxylation is 1. The Morgan fingerprint density at radius 2 is 2.00 bits per heavy atom. The average molecular weight is 290 g/mol. The zero-order valence-corrected chi connectivity index (χ0v) is 12.3. The SMILES string of the molecule is Cc1cc([N+](=O)[O-])c(Cl)cc1CC(Cl)CC(C)C. The maximum absolute atomic E-state index is 10.7. The van der Waals surface area contributed by atoms with Crippen molar-refractivity contribution in [3.05, 3.63) is 38.4 Å². The molecule has 0 saturated carbocycles. The molecule has 0 saturated heterocycles. The first-order chi connectivity index (χ1) is 8.31. The van der Waals surface area contributed by atoms with Crippen molar-refractivity contribution in [2.75, 3.05) is 0 Å². The smallest absolute Gasteiger partial charge is 0.258 e. The number of hydrogen-bond acceptors (Lipinski definition) is 2. The van der Waals surface area contributed by atoms with E-state index in [9.17, 15) is 10.1 Å². The zero-order chi connectivity index (χ0) is 13.9. The van der Waals surface area contributed by atoms with Crippen molar-refractivity contribution in [3.8, 4) is 0 Å². The Balaban J connectivity index is 2.91. The monoisotopic (exact) mass is 289 g/mol. The lowest BCUT2D eigenvalue weighted by Gasteiger charge is -2.14. The normalized spacial score (nSPS) is 12.8. The number of nitro groups is 1. The van der Waals surface area contributed by atoms with Crippen LogP contribution in [0.4, 0.5) is 5.69 Å². The minimum Gasteiger partial charge on any atom is -0.258 e. The fourth-order valence-electron chi connectivity index (χ4n) is 1.90. The standard InChI is InChI=1S/C13H17Cl2NO2/c1-8(2)4-11(14)6-10-7-12(15)13(16(17)18)5-9(10)3/h5,7-8,11H,4,6H2,1-3H3. The van der Waals surface area contributed by atoms with E-state index in [1.807, 2.05) is 6.92 Å². The van der Waals surface area contributed by atoms with Gasteiger partial charge >= 0.3 is 0 Å². The third-order valence-corrected chi connectivity index (χ3v) is 3.41. The molecular weight excluding hydrogens is 273 g/mol. The fraction of sp³-hybridized carbons (Fsp3) is 0.538. The number of nitrogens with zero attached hydrogens (tertiary/aromatic N) is 1. The van der Waals surface area contributed by atoms with Gasteiger partial charge in [-0.15, -0.1) is 11.6 Å². The quantitative estimate of drug-likeness (QED) is 0.446. The first-order valence-electron chi connectivity index (χ1n) is 5.88. The molecule has 0 aliphatic carbocycles. The topological polar surface area (TPSA) is 43.1 Å². The van der Waals surface area contributed by atoms with Crippen LogP contribution in [0, 0.1) is 23.0 Å². The fourth-order valence-corrected chi connectivity index (χ4v) is 2.68. The highest BCUT2D eigenvalue weighted by Gasteiger charge is 2.17. The van der Waals surface area contributed by atoms with E-state index >= 15 is 0 Å². The molecule has 1 aromatic carbocycles. The van der Waals surface area contributed by atoms with Gasteiger partial charge in [0.2, 0.25) is 0 Å². The van der Waals surface area contributed by atoms with Crippen molar-refractivity contribution in [3.63, 3.8) is 0 Å². The van der Waals surface area contributed by atoms with Gasteiger partial charge in [-0.1, -0.05) is 25.4 Å². The number of nitro benzene ring substituents is 1. The van der Waals surface area contributed by atoms with Crippen LogP contribution < -0.4 is 0 Å². The number of benzene rings is 1. The van der Waals surface area contributed by atoms with Crippen LogP contribution in [-0.2, 0) is 6.42 Å². The maximum atomic E-state index is 10.7. The molecule has 3 nitrogen and oxygen atoms in total. The van der Waals surface area contributed by atoms with Gasteiger partial charge in [-0.25, -0.2) is 0 Å². The van der Waals surface area contributed by atoms with Crippen molar-refractivity contribution in [1.82, 2.24) is 0 Å². The van der Waals surface area contributed by atoms with Crippen LogP contribution in [0.25, 0.3) is 0 Å². The largest absolute Gasteiger partial charge is 0.288 e. The van der Waals surface area contributed by atoms with E-state index < -0.39 is 4.92 Å². The van der Waals surface area contributed by atoms with Gasteiger partial charge in [0.15, 0.2) is 0 Å².